The van der Waals surface area contributed by atoms with E-state index < -0.39 is 0 Å². The minimum Gasteiger partial charge on any atom is -0.355 e. The van der Waals surface area contributed by atoms with E-state index in [1.54, 1.807) is 10.6 Å². The van der Waals surface area contributed by atoms with Crippen molar-refractivity contribution in [1.82, 2.24) is 14.9 Å². The van der Waals surface area contributed by atoms with Crippen LogP contribution in [-0.2, 0) is 16.8 Å². The van der Waals surface area contributed by atoms with Gasteiger partial charge in [-0.25, -0.2) is 0 Å². The van der Waals surface area contributed by atoms with Crippen molar-refractivity contribution in [2.45, 2.75) is 51.5 Å². The first kappa shape index (κ1) is 23.2. The van der Waals surface area contributed by atoms with Crippen LogP contribution in [0.1, 0.15) is 45.1 Å². The van der Waals surface area contributed by atoms with Crippen LogP contribution in [0.25, 0.3) is 10.9 Å². The predicted molar refractivity (Wildman–Crippen MR) is 129 cm³/mol. The maximum absolute atomic E-state index is 12.6. The standard InChI is InChI=1S/C24H28ClN3O2S/c1-24(2,17-9-8-10-18(25)15-17)16-26-21(29)13-4-3-7-14-28-22(30)19-11-5-6-12-20(19)27-23(28)31/h5-6,8-12,15H,3-4,7,13-14,16H2,1-2H3,(H,26,29)(H,27,31). The Hall–Kier alpha value is -2.44. The summed E-state index contributed by atoms with van der Waals surface area (Å²) in [5.41, 5.74) is 1.58. The first-order valence-corrected chi connectivity index (χ1v) is 11.3. The number of benzene rings is 2. The van der Waals surface area contributed by atoms with Crippen LogP contribution in [0.15, 0.2) is 53.3 Å². The lowest BCUT2D eigenvalue weighted by atomic mass is 9.84. The molecule has 0 atom stereocenters. The summed E-state index contributed by atoms with van der Waals surface area (Å²) in [6.07, 6.45) is 2.86. The molecule has 0 unspecified atom stereocenters. The highest BCUT2D eigenvalue weighted by Gasteiger charge is 2.21. The first-order chi connectivity index (χ1) is 14.8. The van der Waals surface area contributed by atoms with E-state index in [9.17, 15) is 9.59 Å². The lowest BCUT2D eigenvalue weighted by Gasteiger charge is -2.26. The third-order valence-electron chi connectivity index (χ3n) is 5.51. The van der Waals surface area contributed by atoms with E-state index in [2.05, 4.69) is 24.1 Å². The zero-order valence-electron chi connectivity index (χ0n) is 17.9. The molecule has 2 N–H and O–H groups in total. The van der Waals surface area contributed by atoms with Crippen molar-refractivity contribution in [3.05, 3.63) is 74.2 Å². The number of halogens is 1. The van der Waals surface area contributed by atoms with Crippen molar-refractivity contribution >= 4 is 40.6 Å². The van der Waals surface area contributed by atoms with Gasteiger partial charge in [0.1, 0.15) is 0 Å². The number of H-pyrrole nitrogens is 1. The molecule has 5 nitrogen and oxygen atoms in total. The van der Waals surface area contributed by atoms with Gasteiger partial charge >= 0.3 is 0 Å². The summed E-state index contributed by atoms with van der Waals surface area (Å²) in [6, 6.07) is 15.1. The zero-order valence-corrected chi connectivity index (χ0v) is 19.5. The highest BCUT2D eigenvalue weighted by atomic mass is 35.5. The smallest absolute Gasteiger partial charge is 0.262 e. The van der Waals surface area contributed by atoms with Gasteiger partial charge in [0.05, 0.1) is 10.9 Å². The molecule has 3 rings (SSSR count). The van der Waals surface area contributed by atoms with E-state index in [0.717, 1.165) is 30.3 Å². The third kappa shape index (κ3) is 6.05. The van der Waals surface area contributed by atoms with Crippen molar-refractivity contribution < 1.29 is 4.79 Å². The number of hydrogen-bond acceptors (Lipinski definition) is 3. The van der Waals surface area contributed by atoms with Gasteiger partial charge in [0.2, 0.25) is 5.91 Å². The van der Waals surface area contributed by atoms with Crippen molar-refractivity contribution in [1.29, 1.82) is 0 Å². The number of nitrogens with zero attached hydrogens (tertiary/aromatic N) is 1. The van der Waals surface area contributed by atoms with Gasteiger partial charge in [-0.3, -0.25) is 14.2 Å². The molecule has 0 saturated carbocycles. The van der Waals surface area contributed by atoms with Crippen molar-refractivity contribution in [2.24, 2.45) is 0 Å². The molecule has 0 aliphatic carbocycles. The molecule has 0 aliphatic heterocycles. The molecule has 0 spiro atoms. The fourth-order valence-corrected chi connectivity index (χ4v) is 4.03. The van der Waals surface area contributed by atoms with Gasteiger partial charge < -0.3 is 10.3 Å². The van der Waals surface area contributed by atoms with Crippen LogP contribution in [0.3, 0.4) is 0 Å². The third-order valence-corrected chi connectivity index (χ3v) is 6.07. The number of rotatable bonds is 9. The summed E-state index contributed by atoms with van der Waals surface area (Å²) >= 11 is 11.4. The summed E-state index contributed by atoms with van der Waals surface area (Å²) in [6.45, 7) is 5.27. The number of amides is 1. The van der Waals surface area contributed by atoms with Crippen molar-refractivity contribution in [3.63, 3.8) is 0 Å². The number of nitrogens with one attached hydrogen (secondary N) is 2. The maximum Gasteiger partial charge on any atom is 0.262 e. The topological polar surface area (TPSA) is 66.9 Å². The molecular weight excluding hydrogens is 430 g/mol. The van der Waals surface area contributed by atoms with Crippen LogP contribution in [0.2, 0.25) is 5.02 Å². The Kier molecular flexibility index (Phi) is 7.68. The molecule has 1 amide bonds. The molecule has 164 valence electrons. The summed E-state index contributed by atoms with van der Waals surface area (Å²) in [5, 5.41) is 4.36. The van der Waals surface area contributed by atoms with E-state index in [1.807, 2.05) is 42.5 Å². The number of carbonyl (C=O) groups is 1. The average molecular weight is 458 g/mol. The van der Waals surface area contributed by atoms with E-state index in [1.165, 1.54) is 0 Å². The zero-order chi connectivity index (χ0) is 22.4. The van der Waals surface area contributed by atoms with Crippen LogP contribution in [0.4, 0.5) is 0 Å². The van der Waals surface area contributed by atoms with Gasteiger partial charge in [0, 0.05) is 29.9 Å². The Morgan fingerprint density at radius 2 is 1.90 bits per heavy atom. The fraction of sp³-hybridized carbons (Fsp3) is 0.375. The van der Waals surface area contributed by atoms with Crippen LogP contribution >= 0.6 is 23.8 Å². The minimum atomic E-state index is -0.200. The molecule has 3 aromatic rings. The van der Waals surface area contributed by atoms with E-state index in [0.29, 0.717) is 34.7 Å². The van der Waals surface area contributed by atoms with Crippen LogP contribution < -0.4 is 10.9 Å². The highest BCUT2D eigenvalue weighted by Crippen LogP contribution is 2.24. The summed E-state index contributed by atoms with van der Waals surface area (Å²) < 4.78 is 2.04. The van der Waals surface area contributed by atoms with Crippen LogP contribution in [-0.4, -0.2) is 22.0 Å². The Morgan fingerprint density at radius 1 is 1.13 bits per heavy atom. The Morgan fingerprint density at radius 3 is 2.68 bits per heavy atom. The van der Waals surface area contributed by atoms with E-state index in [4.69, 9.17) is 23.8 Å². The molecule has 7 heteroatoms. The Bertz CT molecular complexity index is 1180. The Labute approximate surface area is 192 Å². The van der Waals surface area contributed by atoms with Crippen molar-refractivity contribution in [2.75, 3.05) is 6.54 Å². The molecule has 0 radical (unpaired) electrons. The number of unbranched alkanes of at least 4 members (excludes halogenated alkanes) is 2. The second kappa shape index (κ2) is 10.2. The van der Waals surface area contributed by atoms with Crippen molar-refractivity contribution in [3.8, 4) is 0 Å². The van der Waals surface area contributed by atoms with E-state index >= 15 is 0 Å². The quantitative estimate of drug-likeness (QED) is 0.335. The number of aromatic nitrogens is 2. The van der Waals surface area contributed by atoms with Gasteiger partial charge in [0.25, 0.3) is 5.56 Å². The normalized spacial score (nSPS) is 11.6. The predicted octanol–water partition coefficient (Wildman–Crippen LogP) is 5.37. The monoisotopic (exact) mass is 457 g/mol. The molecule has 0 saturated heterocycles. The number of fused-ring (bicyclic) bond motifs is 1. The molecule has 0 aliphatic rings. The number of para-hydroxylation sites is 1. The second-order valence-electron chi connectivity index (χ2n) is 8.41. The van der Waals surface area contributed by atoms with Gasteiger partial charge in [-0.05, 0) is 54.9 Å². The summed E-state index contributed by atoms with van der Waals surface area (Å²) in [7, 11) is 0. The second-order valence-corrected chi connectivity index (χ2v) is 9.24. The van der Waals surface area contributed by atoms with Crippen LogP contribution in [0.5, 0.6) is 0 Å². The lowest BCUT2D eigenvalue weighted by Crippen LogP contribution is -2.36. The molecular formula is C24H28ClN3O2S. The SMILES string of the molecule is CC(C)(CNC(=O)CCCCCn1c(=S)[nH]c2ccccc2c1=O)c1cccc(Cl)c1. The molecule has 31 heavy (non-hydrogen) atoms. The Balaban J connectivity index is 1.44. The van der Waals surface area contributed by atoms with Gasteiger partial charge in [-0.15, -0.1) is 0 Å². The number of carbonyl (C=O) groups excluding carboxylic acids is 1. The molecule has 2 aromatic carbocycles. The fourth-order valence-electron chi connectivity index (χ4n) is 3.55. The maximum atomic E-state index is 12.6. The average Bonchev–Trinajstić information content (AvgIpc) is 2.74. The van der Waals surface area contributed by atoms with Gasteiger partial charge in [-0.1, -0.05) is 56.1 Å². The van der Waals surface area contributed by atoms with E-state index in [-0.39, 0.29) is 16.9 Å². The lowest BCUT2D eigenvalue weighted by molar-refractivity contribution is -0.121. The highest BCUT2D eigenvalue weighted by molar-refractivity contribution is 7.71. The molecule has 0 bridgehead atoms. The largest absolute Gasteiger partial charge is 0.355 e. The molecule has 1 aromatic heterocycles. The summed E-state index contributed by atoms with van der Waals surface area (Å²) in [4.78, 5) is 28.0. The summed E-state index contributed by atoms with van der Waals surface area (Å²) in [5.74, 6) is 0.0373. The number of aromatic amines is 1. The number of hydrogen-bond donors (Lipinski definition) is 2. The van der Waals surface area contributed by atoms with Gasteiger partial charge in [0.15, 0.2) is 4.77 Å². The molecule has 1 heterocycles. The van der Waals surface area contributed by atoms with Gasteiger partial charge in [-0.2, -0.15) is 0 Å². The first-order valence-electron chi connectivity index (χ1n) is 10.5. The van der Waals surface area contributed by atoms with Crippen LogP contribution in [0, 0.1) is 4.77 Å². The molecule has 0 fully saturated rings. The minimum absolute atomic E-state index is 0.0373.